The second-order valence-corrected chi connectivity index (χ2v) is 9.15. The molecule has 4 aromatic rings. The molecule has 0 saturated carbocycles. The van der Waals surface area contributed by atoms with E-state index in [1.807, 2.05) is 31.2 Å². The third-order valence-electron chi connectivity index (χ3n) is 7.11. The molecule has 6 rings (SSSR count). The summed E-state index contributed by atoms with van der Waals surface area (Å²) in [7, 11) is 0. The summed E-state index contributed by atoms with van der Waals surface area (Å²) in [5.74, 6) is 0.562. The summed E-state index contributed by atoms with van der Waals surface area (Å²) in [6, 6.07) is 13.4. The summed E-state index contributed by atoms with van der Waals surface area (Å²) in [6.07, 6.45) is 1.87. The summed E-state index contributed by atoms with van der Waals surface area (Å²) in [4.78, 5) is 4.16. The monoisotopic (exact) mass is 457 g/mol. The molecule has 172 valence electrons. The zero-order valence-electron chi connectivity index (χ0n) is 18.8. The Kier molecular flexibility index (Phi) is 4.22. The molecule has 4 heterocycles. The van der Waals surface area contributed by atoms with E-state index in [-0.39, 0.29) is 24.4 Å². The van der Waals surface area contributed by atoms with Crippen molar-refractivity contribution in [3.05, 3.63) is 58.9 Å². The van der Waals surface area contributed by atoms with E-state index in [1.54, 1.807) is 19.1 Å². The molecule has 2 aromatic carbocycles. The summed E-state index contributed by atoms with van der Waals surface area (Å²) in [5, 5.41) is 40.6. The molecule has 0 unspecified atom stereocenters. The van der Waals surface area contributed by atoms with Crippen molar-refractivity contribution >= 4 is 10.8 Å². The van der Waals surface area contributed by atoms with Gasteiger partial charge >= 0.3 is 6.01 Å². The zero-order valence-corrected chi connectivity index (χ0v) is 18.8. The maximum atomic E-state index is 11.5. The van der Waals surface area contributed by atoms with Gasteiger partial charge in [-0.1, -0.05) is 24.3 Å². The highest BCUT2D eigenvalue weighted by Gasteiger charge is 2.61. The minimum Gasteiger partial charge on any atom is -0.494 e. The Hall–Kier alpha value is -4.03. The minimum absolute atomic E-state index is 0.0445. The van der Waals surface area contributed by atoms with Crippen LogP contribution < -0.4 is 4.74 Å². The molecule has 3 N–H and O–H groups in total. The van der Waals surface area contributed by atoms with Crippen molar-refractivity contribution in [2.24, 2.45) is 0 Å². The molecule has 0 aliphatic carbocycles. The number of nitrogens with zero attached hydrogens (tertiary/aromatic N) is 4. The normalized spacial score (nSPS) is 22.7. The fourth-order valence-corrected chi connectivity index (χ4v) is 5.60. The minimum atomic E-state index is -0.787. The third-order valence-corrected chi connectivity index (χ3v) is 7.11. The van der Waals surface area contributed by atoms with Gasteiger partial charge in [0.15, 0.2) is 0 Å². The van der Waals surface area contributed by atoms with Gasteiger partial charge in [-0.3, -0.25) is 9.67 Å². The number of benzene rings is 2. The Bertz CT molecular complexity index is 1500. The largest absolute Gasteiger partial charge is 0.494 e. The van der Waals surface area contributed by atoms with Crippen LogP contribution in [0.15, 0.2) is 36.4 Å². The average Bonchev–Trinajstić information content (AvgIpc) is 3.54. The summed E-state index contributed by atoms with van der Waals surface area (Å²) >= 11 is 0. The van der Waals surface area contributed by atoms with Crippen LogP contribution in [-0.4, -0.2) is 36.6 Å². The first kappa shape index (κ1) is 20.6. The molecule has 9 heteroatoms. The lowest BCUT2D eigenvalue weighted by Crippen LogP contribution is -2.25. The first-order chi connectivity index (χ1) is 16.4. The van der Waals surface area contributed by atoms with Crippen molar-refractivity contribution in [3.8, 4) is 29.5 Å². The molecule has 2 aliphatic heterocycles. The van der Waals surface area contributed by atoms with Gasteiger partial charge in [0.1, 0.15) is 11.4 Å². The van der Waals surface area contributed by atoms with Crippen LogP contribution in [0.2, 0.25) is 0 Å². The van der Waals surface area contributed by atoms with Gasteiger partial charge in [-0.15, -0.1) is 5.10 Å². The lowest BCUT2D eigenvalue weighted by atomic mass is 9.78. The Morgan fingerprint density at radius 2 is 1.91 bits per heavy atom. The number of aromatic amines is 1. The van der Waals surface area contributed by atoms with Crippen molar-refractivity contribution in [1.82, 2.24) is 19.7 Å². The SMILES string of the molecule is Cc1nc(OCC[C@@]23CC[C@@](C)(O2)c2c3c(O)n(-c3ccc(C#N)c4ccccc34)c2O)n[nH]1. The second-order valence-electron chi connectivity index (χ2n) is 9.15. The highest BCUT2D eigenvalue weighted by atomic mass is 16.5. The van der Waals surface area contributed by atoms with Gasteiger partial charge in [-0.05, 0) is 38.8 Å². The molecule has 1 fully saturated rings. The van der Waals surface area contributed by atoms with Crippen molar-refractivity contribution < 1.29 is 19.7 Å². The Labute approximate surface area is 195 Å². The van der Waals surface area contributed by atoms with Crippen LogP contribution in [0, 0.1) is 18.3 Å². The standard InChI is InChI=1S/C25H23N5O4/c1-14-27-23(29-28-14)33-12-11-25-10-9-24(2,34-25)19-20(25)22(32)30(21(19)31)18-8-7-15(13-26)16-5-3-4-6-17(16)18/h3-8,31-32H,9-12H2,1-2H3,(H,27,28,29)/t24-,25-/m1/s1. The van der Waals surface area contributed by atoms with E-state index in [2.05, 4.69) is 21.3 Å². The number of aryl methyl sites for hydroxylation is 1. The highest BCUT2D eigenvalue weighted by Crippen LogP contribution is 2.65. The molecule has 2 atom stereocenters. The zero-order chi connectivity index (χ0) is 23.7. The quantitative estimate of drug-likeness (QED) is 0.412. The van der Waals surface area contributed by atoms with Crippen molar-refractivity contribution in [2.75, 3.05) is 6.61 Å². The van der Waals surface area contributed by atoms with Crippen LogP contribution in [0.1, 0.15) is 48.7 Å². The van der Waals surface area contributed by atoms with Crippen molar-refractivity contribution in [2.45, 2.75) is 44.3 Å². The highest BCUT2D eigenvalue weighted by molar-refractivity contribution is 5.95. The number of ether oxygens (including phenoxy) is 2. The summed E-state index contributed by atoms with van der Waals surface area (Å²) < 4.78 is 13.7. The lowest BCUT2D eigenvalue weighted by Gasteiger charge is -2.26. The lowest BCUT2D eigenvalue weighted by molar-refractivity contribution is -0.0878. The number of hydrogen-bond donors (Lipinski definition) is 3. The number of hydrogen-bond acceptors (Lipinski definition) is 7. The summed E-state index contributed by atoms with van der Waals surface area (Å²) in [5.41, 5.74) is 0.838. The van der Waals surface area contributed by atoms with E-state index in [0.717, 1.165) is 10.8 Å². The molecule has 0 radical (unpaired) electrons. The molecule has 2 aromatic heterocycles. The molecule has 2 aliphatic rings. The van der Waals surface area contributed by atoms with Crippen LogP contribution >= 0.6 is 0 Å². The number of fused-ring (bicyclic) bond motifs is 6. The second kappa shape index (κ2) is 6.98. The van der Waals surface area contributed by atoms with Gasteiger partial charge in [0.25, 0.3) is 0 Å². The average molecular weight is 457 g/mol. The van der Waals surface area contributed by atoms with Crippen LogP contribution in [-0.2, 0) is 15.9 Å². The fourth-order valence-electron chi connectivity index (χ4n) is 5.60. The van der Waals surface area contributed by atoms with E-state index < -0.39 is 11.2 Å². The van der Waals surface area contributed by atoms with Gasteiger partial charge in [0.2, 0.25) is 11.8 Å². The summed E-state index contributed by atoms with van der Waals surface area (Å²) in [6.45, 7) is 4.03. The van der Waals surface area contributed by atoms with E-state index >= 15 is 0 Å². The number of nitrogens with one attached hydrogen (secondary N) is 1. The van der Waals surface area contributed by atoms with Crippen molar-refractivity contribution in [1.29, 1.82) is 5.26 Å². The predicted molar refractivity (Wildman–Crippen MR) is 122 cm³/mol. The van der Waals surface area contributed by atoms with Crippen LogP contribution in [0.4, 0.5) is 0 Å². The Morgan fingerprint density at radius 3 is 2.65 bits per heavy atom. The van der Waals surface area contributed by atoms with Crippen LogP contribution in [0.3, 0.4) is 0 Å². The Balaban J connectivity index is 1.45. The molecule has 0 spiro atoms. The third kappa shape index (κ3) is 2.69. The van der Waals surface area contributed by atoms with Gasteiger partial charge < -0.3 is 19.7 Å². The fraction of sp³-hybridized carbons (Fsp3) is 0.320. The van der Waals surface area contributed by atoms with Crippen molar-refractivity contribution in [3.63, 3.8) is 0 Å². The number of aromatic nitrogens is 4. The molecule has 9 nitrogen and oxygen atoms in total. The van der Waals surface area contributed by atoms with Gasteiger partial charge in [0.05, 0.1) is 40.7 Å². The smallest absolute Gasteiger partial charge is 0.335 e. The van der Waals surface area contributed by atoms with E-state index in [1.165, 1.54) is 4.57 Å². The molecule has 34 heavy (non-hydrogen) atoms. The molecule has 0 amide bonds. The number of aromatic hydroxyl groups is 2. The van der Waals surface area contributed by atoms with Crippen LogP contribution in [0.25, 0.3) is 16.5 Å². The van der Waals surface area contributed by atoms with Crippen LogP contribution in [0.5, 0.6) is 17.8 Å². The first-order valence-electron chi connectivity index (χ1n) is 11.2. The number of rotatable bonds is 5. The van der Waals surface area contributed by atoms with E-state index in [4.69, 9.17) is 9.47 Å². The molecule has 1 saturated heterocycles. The maximum absolute atomic E-state index is 11.5. The van der Waals surface area contributed by atoms with Gasteiger partial charge in [-0.2, -0.15) is 10.2 Å². The molecule has 2 bridgehead atoms. The predicted octanol–water partition coefficient (Wildman–Crippen LogP) is 4.04. The Morgan fingerprint density at radius 1 is 1.15 bits per heavy atom. The van der Waals surface area contributed by atoms with E-state index in [9.17, 15) is 15.5 Å². The molecular formula is C25H23N5O4. The van der Waals surface area contributed by atoms with Gasteiger partial charge in [-0.25, -0.2) is 0 Å². The number of nitriles is 1. The topological polar surface area (TPSA) is 129 Å². The number of H-pyrrole nitrogens is 1. The van der Waals surface area contributed by atoms with Gasteiger partial charge in [0, 0.05) is 17.2 Å². The maximum Gasteiger partial charge on any atom is 0.335 e. The van der Waals surface area contributed by atoms with E-state index in [0.29, 0.717) is 47.5 Å². The molecular weight excluding hydrogens is 434 g/mol. The first-order valence-corrected chi connectivity index (χ1v) is 11.2.